The first kappa shape index (κ1) is 21.7. The Bertz CT molecular complexity index is 1070. The normalized spacial score (nSPS) is 24.6. The summed E-state index contributed by atoms with van der Waals surface area (Å²) >= 11 is 0. The van der Waals surface area contributed by atoms with Gasteiger partial charge in [0.15, 0.2) is 0 Å². The van der Waals surface area contributed by atoms with E-state index in [2.05, 4.69) is 29.0 Å². The highest BCUT2D eigenvalue weighted by atomic mass is 16.3. The number of hydrogen-bond acceptors (Lipinski definition) is 4. The summed E-state index contributed by atoms with van der Waals surface area (Å²) in [5.74, 6) is 7.05. The Labute approximate surface area is 194 Å². The van der Waals surface area contributed by atoms with Crippen molar-refractivity contribution in [1.29, 1.82) is 0 Å². The molecule has 0 spiro atoms. The highest BCUT2D eigenvalue weighted by Gasteiger charge is 2.54. The number of nitrogens with zero attached hydrogens (tertiary/aromatic N) is 3. The lowest BCUT2D eigenvalue weighted by atomic mass is 9.73. The zero-order valence-corrected chi connectivity index (χ0v) is 18.7. The van der Waals surface area contributed by atoms with Gasteiger partial charge in [0, 0.05) is 36.8 Å². The first-order valence-electron chi connectivity index (χ1n) is 11.9. The topological polar surface area (TPSA) is 73.7 Å². The number of aromatic nitrogens is 1. The minimum Gasteiger partial charge on any atom is -0.394 e. The van der Waals surface area contributed by atoms with Crippen LogP contribution in [0.15, 0.2) is 48.8 Å². The van der Waals surface area contributed by atoms with E-state index in [0.29, 0.717) is 12.1 Å². The largest absolute Gasteiger partial charge is 0.394 e. The molecule has 3 atom stereocenters. The summed E-state index contributed by atoms with van der Waals surface area (Å²) in [5, 5.41) is 10.00. The van der Waals surface area contributed by atoms with E-state index in [9.17, 15) is 14.7 Å². The fourth-order valence-electron chi connectivity index (χ4n) is 5.63. The van der Waals surface area contributed by atoms with E-state index in [4.69, 9.17) is 0 Å². The molecule has 6 heteroatoms. The molecule has 3 aliphatic rings. The van der Waals surface area contributed by atoms with Crippen LogP contribution in [0.2, 0.25) is 0 Å². The van der Waals surface area contributed by atoms with Crippen LogP contribution in [-0.2, 0) is 4.79 Å². The third-order valence-electron chi connectivity index (χ3n) is 7.34. The molecule has 1 aromatic carbocycles. The van der Waals surface area contributed by atoms with E-state index in [1.165, 1.54) is 31.9 Å². The van der Waals surface area contributed by atoms with Gasteiger partial charge >= 0.3 is 0 Å². The summed E-state index contributed by atoms with van der Waals surface area (Å²) < 4.78 is 0. The second-order valence-electron chi connectivity index (χ2n) is 9.35. The molecule has 0 radical (unpaired) electrons. The number of carbonyl (C=O) groups is 2. The Kier molecular flexibility index (Phi) is 6.15. The molecule has 1 saturated carbocycles. The van der Waals surface area contributed by atoms with Crippen LogP contribution in [0.4, 0.5) is 0 Å². The number of pyridine rings is 1. The molecule has 2 saturated heterocycles. The van der Waals surface area contributed by atoms with E-state index in [1.54, 1.807) is 28.1 Å². The summed E-state index contributed by atoms with van der Waals surface area (Å²) in [4.78, 5) is 33.1. The summed E-state index contributed by atoms with van der Waals surface area (Å²) in [5.41, 5.74) is 2.54. The van der Waals surface area contributed by atoms with Crippen molar-refractivity contribution in [3.05, 3.63) is 65.5 Å². The molecular formula is C27H29N3O3. The van der Waals surface area contributed by atoms with Crippen LogP contribution in [0.3, 0.4) is 0 Å². The smallest absolute Gasteiger partial charge is 0.255 e. The average molecular weight is 444 g/mol. The monoisotopic (exact) mass is 443 g/mol. The molecule has 3 fully saturated rings. The van der Waals surface area contributed by atoms with Gasteiger partial charge in [0.05, 0.1) is 24.3 Å². The summed E-state index contributed by atoms with van der Waals surface area (Å²) in [7, 11) is 0. The average Bonchev–Trinajstić information content (AvgIpc) is 3.35. The molecule has 0 unspecified atom stereocenters. The Morgan fingerprint density at radius 3 is 2.64 bits per heavy atom. The Balaban J connectivity index is 1.30. The number of piperazine rings is 1. The van der Waals surface area contributed by atoms with Crippen LogP contribution < -0.4 is 0 Å². The molecule has 2 amide bonds. The van der Waals surface area contributed by atoms with Gasteiger partial charge in [-0.2, -0.15) is 0 Å². The lowest BCUT2D eigenvalue weighted by Crippen LogP contribution is -2.73. The Morgan fingerprint density at radius 2 is 1.94 bits per heavy atom. The van der Waals surface area contributed by atoms with Gasteiger partial charge in [0.1, 0.15) is 6.54 Å². The van der Waals surface area contributed by atoms with E-state index in [1.807, 2.05) is 12.1 Å². The number of carbonyl (C=O) groups excluding carboxylic acids is 2. The molecule has 1 N–H and O–H groups in total. The van der Waals surface area contributed by atoms with Crippen LogP contribution in [-0.4, -0.2) is 63.5 Å². The first-order valence-corrected chi connectivity index (χ1v) is 11.9. The van der Waals surface area contributed by atoms with E-state index in [0.717, 1.165) is 23.5 Å². The molecule has 33 heavy (non-hydrogen) atoms. The van der Waals surface area contributed by atoms with Crippen molar-refractivity contribution in [3.8, 4) is 11.8 Å². The fourth-order valence-corrected chi connectivity index (χ4v) is 5.63. The molecule has 5 rings (SSSR count). The molecule has 2 aromatic rings. The number of aliphatic hydroxyl groups excluding tert-OH is 1. The maximum atomic E-state index is 12.9. The molecule has 2 aliphatic heterocycles. The predicted molar refractivity (Wildman–Crippen MR) is 124 cm³/mol. The molecule has 1 aliphatic carbocycles. The Hall–Kier alpha value is -3.17. The van der Waals surface area contributed by atoms with Gasteiger partial charge in [-0.3, -0.25) is 14.6 Å². The van der Waals surface area contributed by atoms with Gasteiger partial charge < -0.3 is 14.9 Å². The maximum absolute atomic E-state index is 12.9. The van der Waals surface area contributed by atoms with Crippen molar-refractivity contribution in [1.82, 2.24) is 14.8 Å². The summed E-state index contributed by atoms with van der Waals surface area (Å²) in [6.07, 6.45) is 9.39. The number of amides is 2. The van der Waals surface area contributed by atoms with Crippen LogP contribution in [0, 0.1) is 17.8 Å². The van der Waals surface area contributed by atoms with E-state index in [-0.39, 0.29) is 43.0 Å². The van der Waals surface area contributed by atoms with Gasteiger partial charge in [-0.05, 0) is 48.6 Å². The SMILES string of the molecule is O=C(c1cccnc1)N1CC(=O)N2[C@H](CO)[C@@H](c3ccc(C#CCC4CCCC4)cc3)[C@@H]2C1. The molecule has 170 valence electrons. The van der Waals surface area contributed by atoms with Crippen molar-refractivity contribution >= 4 is 11.8 Å². The van der Waals surface area contributed by atoms with Gasteiger partial charge in [-0.15, -0.1) is 0 Å². The second-order valence-corrected chi connectivity index (χ2v) is 9.35. The van der Waals surface area contributed by atoms with Crippen molar-refractivity contribution in [3.63, 3.8) is 0 Å². The van der Waals surface area contributed by atoms with E-state index >= 15 is 0 Å². The van der Waals surface area contributed by atoms with Crippen molar-refractivity contribution in [2.24, 2.45) is 5.92 Å². The number of rotatable bonds is 4. The second kappa shape index (κ2) is 9.36. The Morgan fingerprint density at radius 1 is 1.15 bits per heavy atom. The molecule has 6 nitrogen and oxygen atoms in total. The summed E-state index contributed by atoms with van der Waals surface area (Å²) in [6.45, 7) is 0.388. The summed E-state index contributed by atoms with van der Waals surface area (Å²) in [6, 6.07) is 11.2. The van der Waals surface area contributed by atoms with Crippen LogP contribution in [0.25, 0.3) is 0 Å². The molecule has 0 bridgehead atoms. The minimum atomic E-state index is -0.252. The van der Waals surface area contributed by atoms with Crippen LogP contribution in [0.1, 0.15) is 59.5 Å². The zero-order valence-electron chi connectivity index (χ0n) is 18.7. The lowest BCUT2D eigenvalue weighted by Gasteiger charge is -2.58. The third-order valence-corrected chi connectivity index (χ3v) is 7.34. The standard InChI is InChI=1S/C27H29N3O3/c31-18-24-26(21-12-10-20(11-13-21)8-3-7-19-5-1-2-6-19)23-16-29(17-25(32)30(23)24)27(33)22-9-4-14-28-15-22/h4,9-15,19,23-24,26,31H,1-2,5-7,16-18H2/t23-,24+,26-/m0/s1. The van der Waals surface area contributed by atoms with Gasteiger partial charge in [-0.25, -0.2) is 0 Å². The number of hydrogen-bond donors (Lipinski definition) is 1. The van der Waals surface area contributed by atoms with Crippen molar-refractivity contribution < 1.29 is 14.7 Å². The molecular weight excluding hydrogens is 414 g/mol. The van der Waals surface area contributed by atoms with Gasteiger partial charge in [0.25, 0.3) is 5.91 Å². The lowest BCUT2D eigenvalue weighted by molar-refractivity contribution is -0.159. The predicted octanol–water partition coefficient (Wildman–Crippen LogP) is 2.82. The first-order chi connectivity index (χ1) is 16.2. The molecule has 3 heterocycles. The molecule has 1 aromatic heterocycles. The number of benzene rings is 1. The van der Waals surface area contributed by atoms with Gasteiger partial charge in [-0.1, -0.05) is 36.8 Å². The van der Waals surface area contributed by atoms with Crippen molar-refractivity contribution in [2.45, 2.75) is 50.1 Å². The quantitative estimate of drug-likeness (QED) is 0.738. The fraction of sp³-hybridized carbons (Fsp3) is 0.444. The number of fused-ring (bicyclic) bond motifs is 1. The zero-order chi connectivity index (χ0) is 22.8. The van der Waals surface area contributed by atoms with Crippen LogP contribution in [0.5, 0.6) is 0 Å². The van der Waals surface area contributed by atoms with Crippen molar-refractivity contribution in [2.75, 3.05) is 19.7 Å². The minimum absolute atomic E-state index is 0.0102. The highest BCUT2D eigenvalue weighted by molar-refractivity contribution is 5.97. The highest BCUT2D eigenvalue weighted by Crippen LogP contribution is 2.43. The van der Waals surface area contributed by atoms with E-state index < -0.39 is 0 Å². The third kappa shape index (κ3) is 4.26. The maximum Gasteiger partial charge on any atom is 0.255 e. The number of aliphatic hydroxyl groups is 1. The van der Waals surface area contributed by atoms with Gasteiger partial charge in [0.2, 0.25) is 5.91 Å². The van der Waals surface area contributed by atoms with Crippen LogP contribution >= 0.6 is 0 Å².